The number of hydrogen-bond donors (Lipinski definition) is 0. The van der Waals surface area contributed by atoms with E-state index in [1.807, 2.05) is 36.4 Å². The fourth-order valence-corrected chi connectivity index (χ4v) is 4.84. The Labute approximate surface area is 183 Å². The highest BCUT2D eigenvalue weighted by Gasteiger charge is 2.33. The highest BCUT2D eigenvalue weighted by molar-refractivity contribution is 8.26. The lowest BCUT2D eigenvalue weighted by molar-refractivity contribution is -0.122. The van der Waals surface area contributed by atoms with Gasteiger partial charge in [0.15, 0.2) is 0 Å². The van der Waals surface area contributed by atoms with Crippen LogP contribution in [0.1, 0.15) is 11.3 Å². The first-order valence-corrected chi connectivity index (χ1v) is 10.9. The molecule has 2 aromatic heterocycles. The van der Waals surface area contributed by atoms with Crippen molar-refractivity contribution in [1.29, 1.82) is 0 Å². The van der Waals surface area contributed by atoms with Crippen molar-refractivity contribution in [2.45, 2.75) is 6.54 Å². The molecular formula is C22H19N3O3S2. The summed E-state index contributed by atoms with van der Waals surface area (Å²) in [7, 11) is 0. The van der Waals surface area contributed by atoms with E-state index in [0.29, 0.717) is 34.7 Å². The highest BCUT2D eigenvalue weighted by atomic mass is 32.2. The number of carbonyl (C=O) groups is 1. The quantitative estimate of drug-likeness (QED) is 0.450. The number of morpholine rings is 1. The number of rotatable bonds is 4. The maximum atomic E-state index is 13.1. The topological polar surface area (TPSA) is 58.8 Å². The zero-order valence-corrected chi connectivity index (χ0v) is 17.7. The van der Waals surface area contributed by atoms with Crippen molar-refractivity contribution < 1.29 is 13.9 Å². The first kappa shape index (κ1) is 19.3. The van der Waals surface area contributed by atoms with Gasteiger partial charge in [-0.05, 0) is 30.3 Å². The predicted octanol–water partition coefficient (Wildman–Crippen LogP) is 4.07. The molecule has 0 radical (unpaired) electrons. The summed E-state index contributed by atoms with van der Waals surface area (Å²) < 4.78 is 11.4. The molecule has 2 aliphatic heterocycles. The molecule has 6 nitrogen and oxygen atoms in total. The molecule has 2 saturated heterocycles. The summed E-state index contributed by atoms with van der Waals surface area (Å²) in [5, 5.41) is 1.03. The molecule has 1 aromatic carbocycles. The van der Waals surface area contributed by atoms with E-state index in [-0.39, 0.29) is 5.91 Å². The van der Waals surface area contributed by atoms with Crippen molar-refractivity contribution in [2.24, 2.45) is 0 Å². The lowest BCUT2D eigenvalue weighted by Gasteiger charge is -2.29. The molecule has 8 heteroatoms. The van der Waals surface area contributed by atoms with Gasteiger partial charge in [0.25, 0.3) is 5.91 Å². The normalized spacial score (nSPS) is 18.7. The zero-order valence-electron chi connectivity index (χ0n) is 16.1. The number of anilines is 1. The van der Waals surface area contributed by atoms with E-state index >= 15 is 0 Å². The molecule has 0 bridgehead atoms. The summed E-state index contributed by atoms with van der Waals surface area (Å²) in [6.45, 7) is 3.21. The molecule has 3 aromatic rings. The molecule has 1 amide bonds. The van der Waals surface area contributed by atoms with Crippen LogP contribution in [0.3, 0.4) is 0 Å². The number of thioether (sulfide) groups is 1. The van der Waals surface area contributed by atoms with E-state index in [1.54, 1.807) is 17.2 Å². The van der Waals surface area contributed by atoms with E-state index in [1.165, 1.54) is 11.8 Å². The second-order valence-corrected chi connectivity index (χ2v) is 8.72. The largest absolute Gasteiger partial charge is 0.467 e. The van der Waals surface area contributed by atoms with Crippen molar-refractivity contribution >= 4 is 57.0 Å². The number of hydrogen-bond acceptors (Lipinski definition) is 7. The Morgan fingerprint density at radius 2 is 2.00 bits per heavy atom. The number of benzene rings is 1. The third-order valence-electron chi connectivity index (χ3n) is 5.10. The van der Waals surface area contributed by atoms with Gasteiger partial charge in [0.1, 0.15) is 15.9 Å². The molecule has 2 fully saturated rings. The first-order chi connectivity index (χ1) is 14.7. The van der Waals surface area contributed by atoms with Crippen LogP contribution >= 0.6 is 24.0 Å². The molecule has 0 spiro atoms. The van der Waals surface area contributed by atoms with Crippen molar-refractivity contribution in [3.63, 3.8) is 0 Å². The average Bonchev–Trinajstić information content (AvgIpc) is 3.38. The average molecular weight is 438 g/mol. The Morgan fingerprint density at radius 1 is 1.17 bits per heavy atom. The summed E-state index contributed by atoms with van der Waals surface area (Å²) in [6.07, 6.45) is 3.50. The summed E-state index contributed by atoms with van der Waals surface area (Å²) in [5.74, 6) is 1.46. The molecule has 30 heavy (non-hydrogen) atoms. The van der Waals surface area contributed by atoms with Crippen LogP contribution < -0.4 is 4.90 Å². The molecule has 0 aliphatic carbocycles. The molecule has 0 atom stereocenters. The van der Waals surface area contributed by atoms with Gasteiger partial charge in [-0.25, -0.2) is 4.98 Å². The van der Waals surface area contributed by atoms with E-state index in [0.717, 1.165) is 35.4 Å². The molecule has 2 aliphatic rings. The minimum atomic E-state index is -0.109. The number of thiocarbonyl (C=S) groups is 1. The Bertz CT molecular complexity index is 1140. The van der Waals surface area contributed by atoms with E-state index in [4.69, 9.17) is 26.4 Å². The predicted molar refractivity (Wildman–Crippen MR) is 122 cm³/mol. The fourth-order valence-electron chi connectivity index (χ4n) is 3.59. The van der Waals surface area contributed by atoms with Crippen LogP contribution in [0.2, 0.25) is 0 Å². The van der Waals surface area contributed by atoms with Crippen LogP contribution in [0.4, 0.5) is 5.82 Å². The summed E-state index contributed by atoms with van der Waals surface area (Å²) in [4.78, 5) is 22.3. The Kier molecular flexibility index (Phi) is 5.28. The number of amides is 1. The van der Waals surface area contributed by atoms with Crippen molar-refractivity contribution in [3.8, 4) is 0 Å². The van der Waals surface area contributed by atoms with Crippen molar-refractivity contribution in [2.75, 3.05) is 31.2 Å². The number of para-hydroxylation sites is 1. The zero-order chi connectivity index (χ0) is 20.5. The fraction of sp³-hybridized carbons (Fsp3) is 0.227. The highest BCUT2D eigenvalue weighted by Crippen LogP contribution is 2.36. The number of ether oxygens (including phenoxy) is 1. The lowest BCUT2D eigenvalue weighted by Crippen LogP contribution is -2.37. The van der Waals surface area contributed by atoms with Crippen LogP contribution in [0.15, 0.2) is 58.1 Å². The second kappa shape index (κ2) is 8.22. The van der Waals surface area contributed by atoms with Crippen molar-refractivity contribution in [3.05, 3.63) is 65.0 Å². The van der Waals surface area contributed by atoms with Crippen LogP contribution in [-0.2, 0) is 16.1 Å². The number of aromatic nitrogens is 1. The van der Waals surface area contributed by atoms with Gasteiger partial charge >= 0.3 is 0 Å². The van der Waals surface area contributed by atoms with Gasteiger partial charge in [-0.2, -0.15) is 0 Å². The summed E-state index contributed by atoms with van der Waals surface area (Å²) >= 11 is 6.78. The van der Waals surface area contributed by atoms with E-state index in [9.17, 15) is 4.79 Å². The summed E-state index contributed by atoms with van der Waals surface area (Å²) in [6, 6.07) is 13.7. The monoisotopic (exact) mass is 437 g/mol. The van der Waals surface area contributed by atoms with E-state index < -0.39 is 0 Å². The first-order valence-electron chi connectivity index (χ1n) is 9.69. The van der Waals surface area contributed by atoms with Crippen LogP contribution in [0.25, 0.3) is 17.0 Å². The van der Waals surface area contributed by atoms with Gasteiger partial charge < -0.3 is 14.1 Å². The Morgan fingerprint density at radius 3 is 2.80 bits per heavy atom. The minimum Gasteiger partial charge on any atom is -0.467 e. The maximum Gasteiger partial charge on any atom is 0.266 e. The Hall–Kier alpha value is -2.68. The standard InChI is InChI=1S/C22H19N3O3S2/c26-21-19(30-22(29)25(21)14-17-5-3-9-28-17)13-16-12-15-4-1-2-6-18(15)23-20(16)24-7-10-27-11-8-24/h1-6,9,12-13H,7-8,10-11,14H2. The van der Waals surface area contributed by atoms with Crippen LogP contribution in [-0.4, -0.2) is 46.4 Å². The van der Waals surface area contributed by atoms with Gasteiger partial charge in [-0.1, -0.05) is 42.2 Å². The molecule has 0 saturated carbocycles. The van der Waals surface area contributed by atoms with Gasteiger partial charge in [-0.15, -0.1) is 0 Å². The minimum absolute atomic E-state index is 0.109. The molecule has 152 valence electrons. The molecule has 5 rings (SSSR count). The lowest BCUT2D eigenvalue weighted by atomic mass is 10.1. The van der Waals surface area contributed by atoms with E-state index in [2.05, 4.69) is 11.0 Å². The smallest absolute Gasteiger partial charge is 0.266 e. The number of furan rings is 1. The third-order valence-corrected chi connectivity index (χ3v) is 6.47. The molecular weight excluding hydrogens is 418 g/mol. The van der Waals surface area contributed by atoms with Crippen LogP contribution in [0, 0.1) is 0 Å². The maximum absolute atomic E-state index is 13.1. The van der Waals surface area contributed by atoms with Crippen molar-refractivity contribution in [1.82, 2.24) is 9.88 Å². The second-order valence-electron chi connectivity index (χ2n) is 7.04. The SMILES string of the molecule is O=C1C(=Cc2cc3ccccc3nc2N2CCOCC2)SC(=S)N1Cc1ccco1. The molecule has 4 heterocycles. The van der Waals surface area contributed by atoms with Gasteiger partial charge in [0.2, 0.25) is 0 Å². The number of nitrogens with zero attached hydrogens (tertiary/aromatic N) is 3. The number of carbonyl (C=O) groups excluding carboxylic acids is 1. The summed E-state index contributed by atoms with van der Waals surface area (Å²) in [5.41, 5.74) is 1.84. The number of pyridine rings is 1. The molecule has 0 unspecified atom stereocenters. The third kappa shape index (κ3) is 3.74. The number of fused-ring (bicyclic) bond motifs is 1. The Balaban J connectivity index is 1.52. The molecule has 0 N–H and O–H groups in total. The van der Waals surface area contributed by atoms with Gasteiger partial charge in [0.05, 0.1) is 36.4 Å². The van der Waals surface area contributed by atoms with Crippen LogP contribution in [0.5, 0.6) is 0 Å². The van der Waals surface area contributed by atoms with Gasteiger partial charge in [0, 0.05) is 24.0 Å². The van der Waals surface area contributed by atoms with Gasteiger partial charge in [-0.3, -0.25) is 9.69 Å².